The molecule has 0 radical (unpaired) electrons. The first-order valence-corrected chi connectivity index (χ1v) is 13.3. The van der Waals surface area contributed by atoms with E-state index >= 15 is 0 Å². The molecule has 3 atom stereocenters. The van der Waals surface area contributed by atoms with Crippen molar-refractivity contribution in [2.24, 2.45) is 5.41 Å². The van der Waals surface area contributed by atoms with E-state index < -0.39 is 35.2 Å². The van der Waals surface area contributed by atoms with E-state index in [1.54, 1.807) is 23.1 Å². The molecule has 2 N–H and O–H groups in total. The molecule has 1 aliphatic heterocycles. The Morgan fingerprint density at radius 3 is 1.95 bits per heavy atom. The van der Waals surface area contributed by atoms with Crippen LogP contribution in [-0.4, -0.2) is 50.3 Å². The molecule has 3 aromatic carbocycles. The van der Waals surface area contributed by atoms with Gasteiger partial charge in [0.2, 0.25) is 0 Å². The third kappa shape index (κ3) is 4.94. The summed E-state index contributed by atoms with van der Waals surface area (Å²) in [5.41, 5.74) is -0.373. The lowest BCUT2D eigenvalue weighted by atomic mass is 9.73. The summed E-state index contributed by atoms with van der Waals surface area (Å²) in [5, 5.41) is 23.1. The molecule has 0 aliphatic carbocycles. The Bertz CT molecular complexity index is 1280. The summed E-state index contributed by atoms with van der Waals surface area (Å²) in [6.07, 6.45) is -2.05. The standard InChI is InChI=1S/C30H32Cl2N2O4/c1-29(2,3)30(24(35)19-21-13-8-5-9-14-21)33(18-17-20-11-6-4-7-12-20)26(27(36)34(30)28(37)38)25-22(31)15-10-16-23(25)32/h4-16,24,26,35H,17-19H2,1-3H3,(H,37,38)/t24-,26+,30+/m1/s1. The highest BCUT2D eigenvalue weighted by Crippen LogP contribution is 2.53. The van der Waals surface area contributed by atoms with E-state index in [1.807, 2.05) is 81.4 Å². The van der Waals surface area contributed by atoms with Crippen molar-refractivity contribution in [1.82, 2.24) is 9.80 Å². The number of amides is 2. The molecule has 1 saturated heterocycles. The van der Waals surface area contributed by atoms with Crippen molar-refractivity contribution in [2.45, 2.75) is 51.4 Å². The molecule has 38 heavy (non-hydrogen) atoms. The maximum atomic E-state index is 14.2. The molecular weight excluding hydrogens is 523 g/mol. The van der Waals surface area contributed by atoms with Crippen LogP contribution in [0.25, 0.3) is 0 Å². The molecule has 1 heterocycles. The molecule has 1 aliphatic rings. The zero-order chi connectivity index (χ0) is 27.7. The van der Waals surface area contributed by atoms with E-state index in [0.29, 0.717) is 12.0 Å². The van der Waals surface area contributed by atoms with E-state index in [9.17, 15) is 19.8 Å². The Labute approximate surface area is 233 Å². The second-order valence-corrected chi connectivity index (χ2v) is 11.4. The van der Waals surface area contributed by atoms with Crippen LogP contribution in [0.2, 0.25) is 10.0 Å². The SMILES string of the molecule is CC(C)(C)[C@]1([C@H](O)Cc2ccccc2)N(C(=O)O)C(=O)[C@H](c2c(Cl)cccc2Cl)N1CCc1ccccc1. The predicted octanol–water partition coefficient (Wildman–Crippen LogP) is 6.45. The zero-order valence-corrected chi connectivity index (χ0v) is 23.2. The molecule has 0 bridgehead atoms. The van der Waals surface area contributed by atoms with Crippen LogP contribution < -0.4 is 0 Å². The van der Waals surface area contributed by atoms with Crippen molar-refractivity contribution in [3.8, 4) is 0 Å². The van der Waals surface area contributed by atoms with Crippen LogP contribution in [0.4, 0.5) is 4.79 Å². The number of benzene rings is 3. The third-order valence-electron chi connectivity index (χ3n) is 7.33. The number of aliphatic hydroxyl groups is 1. The Morgan fingerprint density at radius 1 is 0.921 bits per heavy atom. The van der Waals surface area contributed by atoms with Gasteiger partial charge in [-0.15, -0.1) is 0 Å². The second kappa shape index (κ2) is 11.1. The minimum atomic E-state index is -1.63. The summed E-state index contributed by atoms with van der Waals surface area (Å²) in [6, 6.07) is 22.9. The second-order valence-electron chi connectivity index (χ2n) is 10.6. The summed E-state index contributed by atoms with van der Waals surface area (Å²) in [6.45, 7) is 5.80. The van der Waals surface area contributed by atoms with Gasteiger partial charge in [-0.2, -0.15) is 0 Å². The first kappa shape index (κ1) is 28.1. The minimum Gasteiger partial charge on any atom is -0.465 e. The van der Waals surface area contributed by atoms with Gasteiger partial charge >= 0.3 is 6.09 Å². The Balaban J connectivity index is 1.95. The van der Waals surface area contributed by atoms with Crippen molar-refractivity contribution in [3.63, 3.8) is 0 Å². The predicted molar refractivity (Wildman–Crippen MR) is 149 cm³/mol. The zero-order valence-electron chi connectivity index (χ0n) is 21.6. The molecular formula is C30H32Cl2N2O4. The number of hydrogen-bond acceptors (Lipinski definition) is 4. The van der Waals surface area contributed by atoms with Crippen LogP contribution in [0.3, 0.4) is 0 Å². The van der Waals surface area contributed by atoms with Crippen molar-refractivity contribution in [1.29, 1.82) is 0 Å². The number of aliphatic hydroxyl groups excluding tert-OH is 1. The molecule has 2 amide bonds. The van der Waals surface area contributed by atoms with Gasteiger partial charge in [0.15, 0.2) is 0 Å². The summed E-state index contributed by atoms with van der Waals surface area (Å²) in [5.74, 6) is -0.692. The number of nitrogens with zero attached hydrogens (tertiary/aromatic N) is 2. The highest BCUT2D eigenvalue weighted by Gasteiger charge is 2.68. The molecule has 8 heteroatoms. The number of carbonyl (C=O) groups excluding carboxylic acids is 1. The highest BCUT2D eigenvalue weighted by atomic mass is 35.5. The van der Waals surface area contributed by atoms with Gasteiger partial charge in [-0.1, -0.05) is 111 Å². The average molecular weight is 556 g/mol. The number of halogens is 2. The molecule has 0 saturated carbocycles. The number of carbonyl (C=O) groups is 2. The van der Waals surface area contributed by atoms with Gasteiger partial charge < -0.3 is 10.2 Å². The molecule has 1 fully saturated rings. The van der Waals surface area contributed by atoms with Gasteiger partial charge in [-0.05, 0) is 29.7 Å². The largest absolute Gasteiger partial charge is 0.465 e. The van der Waals surface area contributed by atoms with Crippen LogP contribution >= 0.6 is 23.2 Å². The van der Waals surface area contributed by atoms with Crippen molar-refractivity contribution < 1.29 is 19.8 Å². The lowest BCUT2D eigenvalue weighted by Crippen LogP contribution is -2.70. The number of imide groups is 1. The maximum Gasteiger partial charge on any atom is 0.415 e. The van der Waals surface area contributed by atoms with E-state index in [0.717, 1.165) is 16.0 Å². The highest BCUT2D eigenvalue weighted by molar-refractivity contribution is 6.36. The lowest BCUT2D eigenvalue weighted by molar-refractivity contribution is -0.156. The van der Waals surface area contributed by atoms with Gasteiger partial charge in [0.05, 0.1) is 6.10 Å². The Kier molecular flexibility index (Phi) is 8.19. The fourth-order valence-electron chi connectivity index (χ4n) is 5.82. The van der Waals surface area contributed by atoms with Crippen LogP contribution in [0, 0.1) is 5.41 Å². The molecule has 200 valence electrons. The van der Waals surface area contributed by atoms with Gasteiger partial charge in [0.1, 0.15) is 11.7 Å². The molecule has 0 aromatic heterocycles. The molecule has 3 aromatic rings. The Hall–Kier alpha value is -2.90. The van der Waals surface area contributed by atoms with E-state index in [1.165, 1.54) is 0 Å². The van der Waals surface area contributed by atoms with Crippen LogP contribution in [0.1, 0.15) is 43.5 Å². The number of rotatable bonds is 7. The summed E-state index contributed by atoms with van der Waals surface area (Å²) in [4.78, 5) is 29.7. The first-order valence-electron chi connectivity index (χ1n) is 12.5. The summed E-state index contributed by atoms with van der Waals surface area (Å²) < 4.78 is 0. The maximum absolute atomic E-state index is 14.2. The monoisotopic (exact) mass is 554 g/mol. The van der Waals surface area contributed by atoms with Gasteiger partial charge in [0, 0.05) is 34.0 Å². The first-order chi connectivity index (χ1) is 18.0. The van der Waals surface area contributed by atoms with Crippen LogP contribution in [0.5, 0.6) is 0 Å². The number of hydrogen-bond donors (Lipinski definition) is 2. The molecule has 4 rings (SSSR count). The topological polar surface area (TPSA) is 81.1 Å². The molecule has 6 nitrogen and oxygen atoms in total. The average Bonchev–Trinajstić information content (AvgIpc) is 3.13. The van der Waals surface area contributed by atoms with Crippen molar-refractivity contribution in [3.05, 3.63) is 106 Å². The van der Waals surface area contributed by atoms with E-state index in [4.69, 9.17) is 23.2 Å². The number of carboxylic acid groups (broad SMARTS) is 1. The van der Waals surface area contributed by atoms with Crippen LogP contribution in [-0.2, 0) is 17.6 Å². The van der Waals surface area contributed by atoms with E-state index in [2.05, 4.69) is 0 Å². The fourth-order valence-corrected chi connectivity index (χ4v) is 6.42. The smallest absolute Gasteiger partial charge is 0.415 e. The molecule has 0 unspecified atom stereocenters. The normalized spacial score (nSPS) is 21.1. The van der Waals surface area contributed by atoms with Gasteiger partial charge in [0.25, 0.3) is 5.91 Å². The fraction of sp³-hybridized carbons (Fsp3) is 0.333. The summed E-state index contributed by atoms with van der Waals surface area (Å²) in [7, 11) is 0. The van der Waals surface area contributed by atoms with Gasteiger partial charge in [-0.25, -0.2) is 9.69 Å². The Morgan fingerprint density at radius 2 is 1.45 bits per heavy atom. The van der Waals surface area contributed by atoms with E-state index in [-0.39, 0.29) is 23.0 Å². The van der Waals surface area contributed by atoms with Crippen molar-refractivity contribution >= 4 is 35.2 Å². The third-order valence-corrected chi connectivity index (χ3v) is 7.99. The van der Waals surface area contributed by atoms with Gasteiger partial charge in [-0.3, -0.25) is 9.69 Å². The van der Waals surface area contributed by atoms with Crippen LogP contribution in [0.15, 0.2) is 78.9 Å². The quantitative estimate of drug-likeness (QED) is 0.351. The molecule has 0 spiro atoms. The lowest BCUT2D eigenvalue weighted by Gasteiger charge is -2.53. The van der Waals surface area contributed by atoms with Crippen molar-refractivity contribution in [2.75, 3.05) is 6.54 Å². The summed E-state index contributed by atoms with van der Waals surface area (Å²) >= 11 is 13.2. The minimum absolute atomic E-state index is 0.139.